The van der Waals surface area contributed by atoms with Crippen molar-refractivity contribution in [2.75, 3.05) is 11.9 Å². The topological polar surface area (TPSA) is 74.0 Å². The Bertz CT molecular complexity index is 943. The van der Waals surface area contributed by atoms with E-state index in [-0.39, 0.29) is 0 Å². The second-order valence-electron chi connectivity index (χ2n) is 6.28. The highest BCUT2D eigenvalue weighted by molar-refractivity contribution is 6.39. The van der Waals surface area contributed by atoms with Crippen molar-refractivity contribution >= 4 is 28.4 Å². The fourth-order valence-electron chi connectivity index (χ4n) is 3.10. The molecule has 0 saturated heterocycles. The van der Waals surface area contributed by atoms with Gasteiger partial charge in [-0.05, 0) is 42.5 Å². The first-order valence-electron chi connectivity index (χ1n) is 8.82. The summed E-state index contributed by atoms with van der Waals surface area (Å²) >= 11 is 0. The van der Waals surface area contributed by atoms with Crippen molar-refractivity contribution in [1.82, 2.24) is 10.3 Å². The predicted molar refractivity (Wildman–Crippen MR) is 104 cm³/mol. The van der Waals surface area contributed by atoms with Gasteiger partial charge in [0, 0.05) is 29.3 Å². The first-order chi connectivity index (χ1) is 12.6. The minimum absolute atomic E-state index is 0.405. The minimum Gasteiger partial charge on any atom is -0.361 e. The van der Waals surface area contributed by atoms with Gasteiger partial charge in [0.2, 0.25) is 0 Å². The highest BCUT2D eigenvalue weighted by Gasteiger charge is 2.16. The lowest BCUT2D eigenvalue weighted by molar-refractivity contribution is -0.136. The summed E-state index contributed by atoms with van der Waals surface area (Å²) in [5, 5.41) is 6.58. The highest BCUT2D eigenvalue weighted by Crippen LogP contribution is 2.21. The second kappa shape index (κ2) is 7.87. The van der Waals surface area contributed by atoms with E-state index in [1.807, 2.05) is 62.5 Å². The van der Waals surface area contributed by atoms with Gasteiger partial charge in [-0.2, -0.15) is 0 Å². The lowest BCUT2D eigenvalue weighted by Crippen LogP contribution is -2.36. The van der Waals surface area contributed by atoms with Gasteiger partial charge in [-0.1, -0.05) is 43.3 Å². The third-order valence-electron chi connectivity index (χ3n) is 4.54. The molecule has 5 heteroatoms. The van der Waals surface area contributed by atoms with Gasteiger partial charge in [-0.3, -0.25) is 9.59 Å². The van der Waals surface area contributed by atoms with E-state index in [2.05, 4.69) is 15.6 Å². The molecule has 5 nitrogen and oxygen atoms in total. The van der Waals surface area contributed by atoms with Crippen LogP contribution in [0.25, 0.3) is 10.9 Å². The number of rotatable bonds is 5. The van der Waals surface area contributed by atoms with Crippen molar-refractivity contribution in [2.45, 2.75) is 26.7 Å². The number of H-pyrrole nitrogens is 1. The Morgan fingerprint density at radius 1 is 1.00 bits per heavy atom. The van der Waals surface area contributed by atoms with Crippen LogP contribution >= 0.6 is 0 Å². The summed E-state index contributed by atoms with van der Waals surface area (Å²) in [6.45, 7) is 4.35. The van der Waals surface area contributed by atoms with Crippen molar-refractivity contribution in [1.29, 1.82) is 0 Å². The molecule has 0 aliphatic carbocycles. The average molecular weight is 349 g/mol. The zero-order valence-electron chi connectivity index (χ0n) is 15.1. The summed E-state index contributed by atoms with van der Waals surface area (Å²) in [7, 11) is 0. The number of aryl methyl sites for hydroxylation is 2. The summed E-state index contributed by atoms with van der Waals surface area (Å²) in [5.74, 6) is -1.25. The molecule has 26 heavy (non-hydrogen) atoms. The molecule has 0 aliphatic rings. The normalized spacial score (nSPS) is 10.7. The van der Waals surface area contributed by atoms with Crippen molar-refractivity contribution in [2.24, 2.45) is 0 Å². The number of aromatic amines is 1. The molecular weight excluding hydrogens is 326 g/mol. The Morgan fingerprint density at radius 3 is 2.62 bits per heavy atom. The fraction of sp³-hybridized carbons (Fsp3) is 0.238. The standard InChI is InChI=1S/C21H23N3O2/c1-3-15-8-6-7-14(2)19(15)24-21(26)20(25)22-12-11-16-13-23-18-10-5-4-9-17(16)18/h4-10,13,23H,3,11-12H2,1-2H3,(H,22,25)(H,24,26). The van der Waals surface area contributed by atoms with Crippen LogP contribution in [0.3, 0.4) is 0 Å². The van der Waals surface area contributed by atoms with Gasteiger partial charge in [0.15, 0.2) is 0 Å². The molecule has 1 heterocycles. The number of para-hydroxylation sites is 2. The Balaban J connectivity index is 1.58. The largest absolute Gasteiger partial charge is 0.361 e. The van der Waals surface area contributed by atoms with E-state index in [1.165, 1.54) is 0 Å². The van der Waals surface area contributed by atoms with E-state index in [4.69, 9.17) is 0 Å². The molecule has 3 rings (SSSR count). The van der Waals surface area contributed by atoms with Gasteiger partial charge in [0.1, 0.15) is 0 Å². The number of fused-ring (bicyclic) bond motifs is 1. The van der Waals surface area contributed by atoms with Crippen LogP contribution in [0.2, 0.25) is 0 Å². The van der Waals surface area contributed by atoms with Gasteiger partial charge in [-0.15, -0.1) is 0 Å². The second-order valence-corrected chi connectivity index (χ2v) is 6.28. The fourth-order valence-corrected chi connectivity index (χ4v) is 3.10. The van der Waals surface area contributed by atoms with Gasteiger partial charge >= 0.3 is 11.8 Å². The zero-order chi connectivity index (χ0) is 18.5. The first-order valence-corrected chi connectivity index (χ1v) is 8.82. The molecular formula is C21H23N3O2. The number of hydrogen-bond donors (Lipinski definition) is 3. The molecule has 0 aliphatic heterocycles. The Kier molecular flexibility index (Phi) is 5.37. The number of aromatic nitrogens is 1. The van der Waals surface area contributed by atoms with Crippen LogP contribution in [-0.2, 0) is 22.4 Å². The molecule has 0 fully saturated rings. The van der Waals surface area contributed by atoms with Crippen molar-refractivity contribution in [3.63, 3.8) is 0 Å². The summed E-state index contributed by atoms with van der Waals surface area (Å²) in [6.07, 6.45) is 3.39. The summed E-state index contributed by atoms with van der Waals surface area (Å²) in [5.41, 5.74) is 4.88. The third-order valence-corrected chi connectivity index (χ3v) is 4.54. The molecule has 0 atom stereocenters. The molecule has 2 aromatic carbocycles. The lowest BCUT2D eigenvalue weighted by Gasteiger charge is -2.12. The van der Waals surface area contributed by atoms with Crippen LogP contribution in [0.4, 0.5) is 5.69 Å². The molecule has 3 N–H and O–H groups in total. The monoisotopic (exact) mass is 349 g/mol. The molecule has 134 valence electrons. The van der Waals surface area contributed by atoms with Gasteiger partial charge < -0.3 is 15.6 Å². The van der Waals surface area contributed by atoms with Gasteiger partial charge in [-0.25, -0.2) is 0 Å². The van der Waals surface area contributed by atoms with E-state index in [0.29, 0.717) is 13.0 Å². The molecule has 0 unspecified atom stereocenters. The van der Waals surface area contributed by atoms with Crippen molar-refractivity contribution in [3.8, 4) is 0 Å². The average Bonchev–Trinajstić information content (AvgIpc) is 3.06. The first kappa shape index (κ1) is 17.7. The van der Waals surface area contributed by atoms with Crippen molar-refractivity contribution < 1.29 is 9.59 Å². The maximum absolute atomic E-state index is 12.2. The van der Waals surface area contributed by atoms with E-state index in [1.54, 1.807) is 0 Å². The number of carbonyl (C=O) groups excluding carboxylic acids is 2. The lowest BCUT2D eigenvalue weighted by atomic mass is 10.1. The molecule has 1 aromatic heterocycles. The number of benzene rings is 2. The molecule has 0 saturated carbocycles. The van der Waals surface area contributed by atoms with E-state index in [9.17, 15) is 9.59 Å². The highest BCUT2D eigenvalue weighted by atomic mass is 16.2. The Morgan fingerprint density at radius 2 is 1.81 bits per heavy atom. The van der Waals surface area contributed by atoms with E-state index >= 15 is 0 Å². The van der Waals surface area contributed by atoms with Crippen LogP contribution in [0.1, 0.15) is 23.6 Å². The van der Waals surface area contributed by atoms with Crippen LogP contribution in [0, 0.1) is 6.92 Å². The SMILES string of the molecule is CCc1cccc(C)c1NC(=O)C(=O)NCCc1c[nH]c2ccccc12. The number of amides is 2. The van der Waals surface area contributed by atoms with E-state index < -0.39 is 11.8 Å². The molecule has 3 aromatic rings. The van der Waals surface area contributed by atoms with E-state index in [0.717, 1.165) is 39.7 Å². The third kappa shape index (κ3) is 3.77. The zero-order valence-corrected chi connectivity index (χ0v) is 15.1. The number of anilines is 1. The summed E-state index contributed by atoms with van der Waals surface area (Å²) < 4.78 is 0. The molecule has 0 spiro atoms. The number of carbonyl (C=O) groups is 2. The van der Waals surface area contributed by atoms with Crippen LogP contribution in [0.15, 0.2) is 48.7 Å². The smallest absolute Gasteiger partial charge is 0.313 e. The minimum atomic E-state index is -0.632. The van der Waals surface area contributed by atoms with Crippen LogP contribution in [0.5, 0.6) is 0 Å². The Labute approximate surface area is 152 Å². The van der Waals surface area contributed by atoms with Gasteiger partial charge in [0.05, 0.1) is 0 Å². The predicted octanol–water partition coefficient (Wildman–Crippen LogP) is 3.34. The molecule has 2 amide bonds. The maximum atomic E-state index is 12.2. The van der Waals surface area contributed by atoms with Crippen LogP contribution < -0.4 is 10.6 Å². The van der Waals surface area contributed by atoms with Crippen molar-refractivity contribution in [3.05, 3.63) is 65.4 Å². The number of hydrogen-bond acceptors (Lipinski definition) is 2. The maximum Gasteiger partial charge on any atom is 0.313 e. The molecule has 0 radical (unpaired) electrons. The quantitative estimate of drug-likeness (QED) is 0.618. The van der Waals surface area contributed by atoms with Gasteiger partial charge in [0.25, 0.3) is 0 Å². The summed E-state index contributed by atoms with van der Waals surface area (Å²) in [4.78, 5) is 27.5. The van der Waals surface area contributed by atoms with Crippen LogP contribution in [-0.4, -0.2) is 23.3 Å². The molecule has 0 bridgehead atoms. The summed E-state index contributed by atoms with van der Waals surface area (Å²) in [6, 6.07) is 13.8. The number of nitrogens with one attached hydrogen (secondary N) is 3. The Hall–Kier alpha value is -3.08.